The second kappa shape index (κ2) is 6.57. The Bertz CT molecular complexity index is 658. The van der Waals surface area contributed by atoms with Crippen molar-refractivity contribution < 1.29 is 9.18 Å². The van der Waals surface area contributed by atoms with Crippen molar-refractivity contribution in [3.05, 3.63) is 29.8 Å². The lowest BCUT2D eigenvalue weighted by Gasteiger charge is -2.06. The van der Waals surface area contributed by atoms with Gasteiger partial charge in [-0.25, -0.2) is 4.39 Å². The van der Waals surface area contributed by atoms with Crippen LogP contribution < -0.4 is 11.1 Å². The molecule has 0 saturated heterocycles. The van der Waals surface area contributed by atoms with Crippen LogP contribution in [-0.4, -0.2) is 26.4 Å². The average Bonchev–Trinajstić information content (AvgIpc) is 2.75. The standard InChI is InChI=1S/C13H16FN5OS/c1-8-17-18-13(19(8)2)21-6-5-12(20)16-9-3-4-10(14)11(15)7-9/h3-4,7H,5-6,15H2,1-2H3,(H,16,20). The summed E-state index contributed by atoms with van der Waals surface area (Å²) in [6, 6.07) is 4.09. The lowest BCUT2D eigenvalue weighted by Crippen LogP contribution is -2.12. The van der Waals surface area contributed by atoms with E-state index in [2.05, 4.69) is 15.5 Å². The van der Waals surface area contributed by atoms with E-state index < -0.39 is 5.82 Å². The summed E-state index contributed by atoms with van der Waals surface area (Å²) >= 11 is 1.46. The molecule has 6 nitrogen and oxygen atoms in total. The number of benzene rings is 1. The second-order valence-electron chi connectivity index (χ2n) is 4.47. The summed E-state index contributed by atoms with van der Waals surface area (Å²) in [7, 11) is 1.87. The van der Waals surface area contributed by atoms with E-state index >= 15 is 0 Å². The summed E-state index contributed by atoms with van der Waals surface area (Å²) in [6.45, 7) is 1.86. The zero-order valence-electron chi connectivity index (χ0n) is 11.8. The number of halogens is 1. The largest absolute Gasteiger partial charge is 0.396 e. The molecule has 0 aliphatic carbocycles. The number of hydrogen-bond donors (Lipinski definition) is 2. The zero-order chi connectivity index (χ0) is 15.4. The molecule has 8 heteroatoms. The van der Waals surface area contributed by atoms with Crippen molar-refractivity contribution in [3.8, 4) is 0 Å². The maximum absolute atomic E-state index is 13.0. The first-order chi connectivity index (χ1) is 9.97. The molecular formula is C13H16FN5OS. The van der Waals surface area contributed by atoms with Crippen molar-refractivity contribution in [2.75, 3.05) is 16.8 Å². The molecule has 1 amide bonds. The maximum Gasteiger partial charge on any atom is 0.225 e. The Morgan fingerprint density at radius 3 is 2.86 bits per heavy atom. The third-order valence-corrected chi connectivity index (χ3v) is 3.91. The molecule has 0 fully saturated rings. The Morgan fingerprint density at radius 2 is 2.24 bits per heavy atom. The molecule has 0 radical (unpaired) electrons. The predicted molar refractivity (Wildman–Crippen MR) is 80.5 cm³/mol. The second-order valence-corrected chi connectivity index (χ2v) is 5.53. The maximum atomic E-state index is 13.0. The van der Waals surface area contributed by atoms with Crippen LogP contribution in [-0.2, 0) is 11.8 Å². The van der Waals surface area contributed by atoms with Crippen LogP contribution in [0.1, 0.15) is 12.2 Å². The minimum absolute atomic E-state index is 0.0109. The van der Waals surface area contributed by atoms with Crippen LogP contribution in [0.2, 0.25) is 0 Å². The van der Waals surface area contributed by atoms with Crippen LogP contribution in [0.5, 0.6) is 0 Å². The predicted octanol–water partition coefficient (Wildman–Crippen LogP) is 1.97. The van der Waals surface area contributed by atoms with Crippen LogP contribution >= 0.6 is 11.8 Å². The highest BCUT2D eigenvalue weighted by atomic mass is 32.2. The lowest BCUT2D eigenvalue weighted by atomic mass is 10.2. The van der Waals surface area contributed by atoms with Crippen molar-refractivity contribution in [2.24, 2.45) is 7.05 Å². The highest BCUT2D eigenvalue weighted by molar-refractivity contribution is 7.99. The number of nitrogens with one attached hydrogen (secondary N) is 1. The molecule has 3 N–H and O–H groups in total. The number of hydrogen-bond acceptors (Lipinski definition) is 5. The highest BCUT2D eigenvalue weighted by Crippen LogP contribution is 2.18. The molecule has 0 aliphatic heterocycles. The third kappa shape index (κ3) is 3.94. The third-order valence-electron chi connectivity index (χ3n) is 2.89. The van der Waals surface area contributed by atoms with E-state index in [1.807, 2.05) is 18.5 Å². The Morgan fingerprint density at radius 1 is 1.48 bits per heavy atom. The molecule has 0 bridgehead atoms. The molecule has 0 saturated carbocycles. The normalized spacial score (nSPS) is 10.6. The van der Waals surface area contributed by atoms with Gasteiger partial charge in [0.25, 0.3) is 0 Å². The number of thioether (sulfide) groups is 1. The van der Waals surface area contributed by atoms with Gasteiger partial charge < -0.3 is 15.6 Å². The smallest absolute Gasteiger partial charge is 0.225 e. The van der Waals surface area contributed by atoms with Gasteiger partial charge in [-0.15, -0.1) is 10.2 Å². The molecule has 0 spiro atoms. The SMILES string of the molecule is Cc1nnc(SCCC(=O)Nc2ccc(F)c(N)c2)n1C. The minimum Gasteiger partial charge on any atom is -0.396 e. The Hall–Kier alpha value is -2.09. The van der Waals surface area contributed by atoms with E-state index in [0.717, 1.165) is 11.0 Å². The van der Waals surface area contributed by atoms with Gasteiger partial charge in [-0.05, 0) is 25.1 Å². The fraction of sp³-hybridized carbons (Fsp3) is 0.308. The molecular weight excluding hydrogens is 293 g/mol. The number of amides is 1. The van der Waals surface area contributed by atoms with Gasteiger partial charge in [-0.2, -0.15) is 0 Å². The summed E-state index contributed by atoms with van der Waals surface area (Å²) in [5.74, 6) is 0.742. The first kappa shape index (κ1) is 15.3. The van der Waals surface area contributed by atoms with Gasteiger partial charge in [0, 0.05) is 24.9 Å². The average molecular weight is 309 g/mol. The molecule has 0 atom stereocenters. The molecule has 2 aromatic rings. The van der Waals surface area contributed by atoms with Crippen molar-refractivity contribution in [1.29, 1.82) is 0 Å². The fourth-order valence-electron chi connectivity index (χ4n) is 1.59. The number of nitrogen functional groups attached to an aromatic ring is 1. The number of aryl methyl sites for hydroxylation is 1. The van der Waals surface area contributed by atoms with E-state index in [1.165, 1.54) is 30.0 Å². The quantitative estimate of drug-likeness (QED) is 0.651. The Kier molecular flexibility index (Phi) is 4.79. The van der Waals surface area contributed by atoms with E-state index in [9.17, 15) is 9.18 Å². The number of nitrogens with zero attached hydrogens (tertiary/aromatic N) is 3. The summed E-state index contributed by atoms with van der Waals surface area (Å²) in [5.41, 5.74) is 5.94. The minimum atomic E-state index is -0.499. The van der Waals surface area contributed by atoms with Crippen LogP contribution in [0.3, 0.4) is 0 Å². The molecule has 0 unspecified atom stereocenters. The van der Waals surface area contributed by atoms with Gasteiger partial charge in [-0.1, -0.05) is 11.8 Å². The number of carbonyl (C=O) groups excluding carboxylic acids is 1. The van der Waals surface area contributed by atoms with Crippen molar-refractivity contribution in [1.82, 2.24) is 14.8 Å². The summed E-state index contributed by atoms with van der Waals surface area (Å²) in [6.07, 6.45) is 0.313. The number of carbonyl (C=O) groups is 1. The Balaban J connectivity index is 1.82. The molecule has 112 valence electrons. The fourth-order valence-corrected chi connectivity index (χ4v) is 2.49. The van der Waals surface area contributed by atoms with Crippen LogP contribution in [0.4, 0.5) is 15.8 Å². The Labute approximate surface area is 125 Å². The molecule has 1 heterocycles. The van der Waals surface area contributed by atoms with Gasteiger partial charge in [0.05, 0.1) is 5.69 Å². The van der Waals surface area contributed by atoms with Crippen LogP contribution in [0.25, 0.3) is 0 Å². The summed E-state index contributed by atoms with van der Waals surface area (Å²) in [4.78, 5) is 11.8. The number of nitrogens with two attached hydrogens (primary N) is 1. The van der Waals surface area contributed by atoms with E-state index in [0.29, 0.717) is 17.9 Å². The van der Waals surface area contributed by atoms with Gasteiger partial charge in [0.2, 0.25) is 5.91 Å². The number of rotatable bonds is 5. The van der Waals surface area contributed by atoms with E-state index in [4.69, 9.17) is 5.73 Å². The first-order valence-corrected chi connectivity index (χ1v) is 7.29. The lowest BCUT2D eigenvalue weighted by molar-refractivity contribution is -0.115. The first-order valence-electron chi connectivity index (χ1n) is 6.31. The van der Waals surface area contributed by atoms with Crippen molar-refractivity contribution in [3.63, 3.8) is 0 Å². The number of anilines is 2. The van der Waals surface area contributed by atoms with Crippen LogP contribution in [0, 0.1) is 12.7 Å². The summed E-state index contributed by atoms with van der Waals surface area (Å²) in [5, 5.41) is 11.4. The molecule has 0 aliphatic rings. The molecule has 2 rings (SSSR count). The number of aromatic nitrogens is 3. The molecule has 21 heavy (non-hydrogen) atoms. The highest BCUT2D eigenvalue weighted by Gasteiger charge is 2.08. The van der Waals surface area contributed by atoms with Crippen LogP contribution in [0.15, 0.2) is 23.4 Å². The van der Waals surface area contributed by atoms with Crippen molar-refractivity contribution in [2.45, 2.75) is 18.5 Å². The monoisotopic (exact) mass is 309 g/mol. The van der Waals surface area contributed by atoms with Crippen molar-refractivity contribution >= 4 is 29.0 Å². The topological polar surface area (TPSA) is 85.8 Å². The molecule has 1 aromatic carbocycles. The van der Waals surface area contributed by atoms with Gasteiger partial charge >= 0.3 is 0 Å². The van der Waals surface area contributed by atoms with Gasteiger partial charge in [-0.3, -0.25) is 4.79 Å². The van der Waals surface area contributed by atoms with E-state index in [1.54, 1.807) is 0 Å². The summed E-state index contributed by atoms with van der Waals surface area (Å²) < 4.78 is 14.9. The molecule has 1 aromatic heterocycles. The van der Waals surface area contributed by atoms with Gasteiger partial charge in [0.1, 0.15) is 11.6 Å². The van der Waals surface area contributed by atoms with Gasteiger partial charge in [0.15, 0.2) is 5.16 Å². The zero-order valence-corrected chi connectivity index (χ0v) is 12.6. The van der Waals surface area contributed by atoms with E-state index in [-0.39, 0.29) is 11.6 Å².